The van der Waals surface area contributed by atoms with Gasteiger partial charge < -0.3 is 15.0 Å². The highest BCUT2D eigenvalue weighted by molar-refractivity contribution is 5.94. The number of methoxy groups -OCH3 is 1. The summed E-state index contributed by atoms with van der Waals surface area (Å²) in [6, 6.07) is 6.01. The van der Waals surface area contributed by atoms with E-state index in [1.165, 1.54) is 11.1 Å². The van der Waals surface area contributed by atoms with E-state index in [0.717, 1.165) is 25.1 Å². The second kappa shape index (κ2) is 5.98. The largest absolute Gasteiger partial charge is 0.383 e. The van der Waals surface area contributed by atoms with Gasteiger partial charge in [0.2, 0.25) is 0 Å². The molecule has 1 aliphatic rings. The number of hydrogen-bond donors (Lipinski definition) is 1. The molecule has 0 spiro atoms. The molecule has 1 aliphatic heterocycles. The van der Waals surface area contributed by atoms with Crippen molar-refractivity contribution in [1.82, 2.24) is 10.2 Å². The Morgan fingerprint density at radius 3 is 3.06 bits per heavy atom. The van der Waals surface area contributed by atoms with Crippen molar-refractivity contribution in [1.29, 1.82) is 0 Å². The smallest absolute Gasteiger partial charge is 0.253 e. The molecule has 1 aromatic carbocycles. The van der Waals surface area contributed by atoms with Crippen molar-refractivity contribution in [2.24, 2.45) is 0 Å². The number of hydrogen-bond acceptors (Lipinski definition) is 3. The summed E-state index contributed by atoms with van der Waals surface area (Å²) < 4.78 is 4.99. The number of fused-ring (bicyclic) bond motifs is 1. The van der Waals surface area contributed by atoms with Crippen LogP contribution in [0.25, 0.3) is 0 Å². The quantitative estimate of drug-likeness (QED) is 0.866. The van der Waals surface area contributed by atoms with Gasteiger partial charge in [0.1, 0.15) is 0 Å². The minimum atomic E-state index is 0.0559. The Balaban J connectivity index is 2.10. The van der Waals surface area contributed by atoms with Crippen LogP contribution >= 0.6 is 0 Å². The SMILES string of the molecule is COCCN(C)C(=O)c1ccc2c(c1)CNCC2. The van der Waals surface area contributed by atoms with E-state index in [1.807, 2.05) is 12.1 Å². The van der Waals surface area contributed by atoms with Gasteiger partial charge in [-0.3, -0.25) is 4.79 Å². The van der Waals surface area contributed by atoms with Crippen molar-refractivity contribution in [2.45, 2.75) is 13.0 Å². The molecule has 4 heteroatoms. The minimum Gasteiger partial charge on any atom is -0.383 e. The van der Waals surface area contributed by atoms with Gasteiger partial charge >= 0.3 is 0 Å². The molecule has 0 aliphatic carbocycles. The summed E-state index contributed by atoms with van der Waals surface area (Å²) >= 11 is 0. The van der Waals surface area contributed by atoms with Gasteiger partial charge in [0, 0.05) is 32.8 Å². The summed E-state index contributed by atoms with van der Waals surface area (Å²) in [7, 11) is 3.45. The highest BCUT2D eigenvalue weighted by Crippen LogP contribution is 2.16. The number of likely N-dealkylation sites (N-methyl/N-ethyl adjacent to an activating group) is 1. The van der Waals surface area contributed by atoms with E-state index in [2.05, 4.69) is 11.4 Å². The molecule has 1 N–H and O–H groups in total. The Labute approximate surface area is 108 Å². The second-order valence-electron chi connectivity index (χ2n) is 4.63. The van der Waals surface area contributed by atoms with Crippen molar-refractivity contribution < 1.29 is 9.53 Å². The maximum absolute atomic E-state index is 12.2. The van der Waals surface area contributed by atoms with Gasteiger partial charge in [-0.1, -0.05) is 6.07 Å². The number of carbonyl (C=O) groups excluding carboxylic acids is 1. The van der Waals surface area contributed by atoms with E-state index in [-0.39, 0.29) is 5.91 Å². The Kier molecular flexibility index (Phi) is 4.33. The van der Waals surface area contributed by atoms with Crippen LogP contribution < -0.4 is 5.32 Å². The predicted molar refractivity (Wildman–Crippen MR) is 70.7 cm³/mol. The predicted octanol–water partition coefficient (Wildman–Crippen LogP) is 1.05. The topological polar surface area (TPSA) is 41.6 Å². The molecule has 0 saturated carbocycles. The fourth-order valence-corrected chi connectivity index (χ4v) is 2.16. The zero-order valence-corrected chi connectivity index (χ0v) is 11.0. The number of benzene rings is 1. The lowest BCUT2D eigenvalue weighted by Gasteiger charge is -2.20. The van der Waals surface area contributed by atoms with E-state index < -0.39 is 0 Å². The number of rotatable bonds is 4. The molecule has 0 radical (unpaired) electrons. The second-order valence-corrected chi connectivity index (χ2v) is 4.63. The van der Waals surface area contributed by atoms with Crippen LogP contribution in [0.15, 0.2) is 18.2 Å². The molecule has 18 heavy (non-hydrogen) atoms. The van der Waals surface area contributed by atoms with Crippen LogP contribution in [0.2, 0.25) is 0 Å². The Morgan fingerprint density at radius 2 is 2.28 bits per heavy atom. The van der Waals surface area contributed by atoms with Gasteiger partial charge in [-0.15, -0.1) is 0 Å². The minimum absolute atomic E-state index is 0.0559. The first-order valence-electron chi connectivity index (χ1n) is 6.29. The van der Waals surface area contributed by atoms with Crippen LogP contribution in [-0.2, 0) is 17.7 Å². The molecule has 0 atom stereocenters. The van der Waals surface area contributed by atoms with Crippen LogP contribution in [0, 0.1) is 0 Å². The Bertz CT molecular complexity index is 432. The lowest BCUT2D eigenvalue weighted by atomic mass is 9.98. The number of ether oxygens (including phenoxy) is 1. The Morgan fingerprint density at radius 1 is 1.44 bits per heavy atom. The zero-order chi connectivity index (χ0) is 13.0. The molecule has 0 aromatic heterocycles. The summed E-state index contributed by atoms with van der Waals surface area (Å²) in [5.74, 6) is 0.0559. The van der Waals surface area contributed by atoms with E-state index in [1.54, 1.807) is 19.1 Å². The maximum atomic E-state index is 12.2. The normalized spacial score (nSPS) is 14.1. The fraction of sp³-hybridized carbons (Fsp3) is 0.500. The summed E-state index contributed by atoms with van der Waals surface area (Å²) in [6.45, 7) is 3.06. The molecule has 1 heterocycles. The molecule has 0 unspecified atom stereocenters. The molecule has 0 bridgehead atoms. The standard InChI is InChI=1S/C14H20N2O2/c1-16(7-8-18-2)14(17)12-4-3-11-5-6-15-10-13(11)9-12/h3-4,9,15H,5-8,10H2,1-2H3. The van der Waals surface area contributed by atoms with Crippen LogP contribution in [-0.4, -0.2) is 44.7 Å². The van der Waals surface area contributed by atoms with E-state index in [4.69, 9.17) is 4.74 Å². The summed E-state index contributed by atoms with van der Waals surface area (Å²) in [4.78, 5) is 13.9. The summed E-state index contributed by atoms with van der Waals surface area (Å²) in [5.41, 5.74) is 3.35. The maximum Gasteiger partial charge on any atom is 0.253 e. The average Bonchev–Trinajstić information content (AvgIpc) is 2.43. The Hall–Kier alpha value is -1.39. The first-order valence-corrected chi connectivity index (χ1v) is 6.29. The van der Waals surface area contributed by atoms with E-state index in [9.17, 15) is 4.79 Å². The van der Waals surface area contributed by atoms with Gasteiger partial charge in [-0.25, -0.2) is 0 Å². The number of nitrogens with zero attached hydrogens (tertiary/aromatic N) is 1. The lowest BCUT2D eigenvalue weighted by molar-refractivity contribution is 0.0744. The number of nitrogens with one attached hydrogen (secondary N) is 1. The van der Waals surface area contributed by atoms with E-state index in [0.29, 0.717) is 13.2 Å². The van der Waals surface area contributed by atoms with Crippen molar-refractivity contribution in [3.8, 4) is 0 Å². The third-order valence-electron chi connectivity index (χ3n) is 3.32. The fourth-order valence-electron chi connectivity index (χ4n) is 2.16. The highest BCUT2D eigenvalue weighted by Gasteiger charge is 2.15. The van der Waals surface area contributed by atoms with Gasteiger partial charge in [-0.05, 0) is 36.2 Å². The monoisotopic (exact) mass is 248 g/mol. The molecule has 2 rings (SSSR count). The molecular formula is C14H20N2O2. The van der Waals surface area contributed by atoms with Crippen LogP contribution in [0.4, 0.5) is 0 Å². The van der Waals surface area contributed by atoms with Gasteiger partial charge in [0.25, 0.3) is 5.91 Å². The lowest BCUT2D eigenvalue weighted by Crippen LogP contribution is -2.30. The van der Waals surface area contributed by atoms with Gasteiger partial charge in [-0.2, -0.15) is 0 Å². The zero-order valence-electron chi connectivity index (χ0n) is 11.0. The first kappa shape index (κ1) is 13.1. The highest BCUT2D eigenvalue weighted by atomic mass is 16.5. The molecule has 98 valence electrons. The van der Waals surface area contributed by atoms with Crippen molar-refractivity contribution in [2.75, 3.05) is 33.9 Å². The molecular weight excluding hydrogens is 228 g/mol. The van der Waals surface area contributed by atoms with Crippen molar-refractivity contribution in [3.05, 3.63) is 34.9 Å². The van der Waals surface area contributed by atoms with Crippen LogP contribution in [0.1, 0.15) is 21.5 Å². The third-order valence-corrected chi connectivity index (χ3v) is 3.32. The molecule has 4 nitrogen and oxygen atoms in total. The molecule has 1 aromatic rings. The first-order chi connectivity index (χ1) is 8.72. The average molecular weight is 248 g/mol. The number of carbonyl (C=O) groups is 1. The third kappa shape index (κ3) is 2.89. The molecule has 0 fully saturated rings. The van der Waals surface area contributed by atoms with Crippen molar-refractivity contribution >= 4 is 5.91 Å². The van der Waals surface area contributed by atoms with E-state index >= 15 is 0 Å². The van der Waals surface area contributed by atoms with Gasteiger partial charge in [0.15, 0.2) is 0 Å². The van der Waals surface area contributed by atoms with Crippen LogP contribution in [0.3, 0.4) is 0 Å². The van der Waals surface area contributed by atoms with Crippen LogP contribution in [0.5, 0.6) is 0 Å². The van der Waals surface area contributed by atoms with Crippen molar-refractivity contribution in [3.63, 3.8) is 0 Å². The summed E-state index contributed by atoms with van der Waals surface area (Å²) in [5, 5.41) is 3.33. The summed E-state index contributed by atoms with van der Waals surface area (Å²) in [6.07, 6.45) is 1.04. The number of amides is 1. The molecule has 0 saturated heterocycles. The molecule has 1 amide bonds. The van der Waals surface area contributed by atoms with Gasteiger partial charge in [0.05, 0.1) is 6.61 Å².